The van der Waals surface area contributed by atoms with Crippen molar-refractivity contribution in [3.63, 3.8) is 0 Å². The summed E-state index contributed by atoms with van der Waals surface area (Å²) in [7, 11) is 0. The molecule has 0 saturated heterocycles. The van der Waals surface area contributed by atoms with E-state index >= 15 is 0 Å². The number of nitrogens with zero attached hydrogens (tertiary/aromatic N) is 1. The van der Waals surface area contributed by atoms with E-state index in [2.05, 4.69) is 35.8 Å². The molecule has 0 unspecified atom stereocenters. The molecule has 0 aliphatic rings. The maximum absolute atomic E-state index is 8.92. The molecule has 0 fully saturated rings. The summed E-state index contributed by atoms with van der Waals surface area (Å²) >= 11 is 1.75. The Labute approximate surface area is 108 Å². The molecule has 0 amide bonds. The molecule has 0 radical (unpaired) electrons. The van der Waals surface area contributed by atoms with Crippen LogP contribution in [-0.4, -0.2) is 12.8 Å². The number of para-hydroxylation sites is 1. The van der Waals surface area contributed by atoms with Crippen molar-refractivity contribution < 1.29 is 0 Å². The lowest BCUT2D eigenvalue weighted by molar-refractivity contribution is 0.441. The van der Waals surface area contributed by atoms with E-state index < -0.39 is 0 Å². The van der Waals surface area contributed by atoms with Crippen LogP contribution in [0.2, 0.25) is 0 Å². The zero-order chi connectivity index (χ0) is 12.7. The summed E-state index contributed by atoms with van der Waals surface area (Å²) in [6, 6.07) is 10.6. The van der Waals surface area contributed by atoms with Gasteiger partial charge in [0, 0.05) is 17.1 Å². The first kappa shape index (κ1) is 13.9. The topological polar surface area (TPSA) is 35.8 Å². The van der Waals surface area contributed by atoms with Crippen molar-refractivity contribution in [1.29, 1.82) is 5.26 Å². The van der Waals surface area contributed by atoms with Gasteiger partial charge in [-0.25, -0.2) is 0 Å². The molecule has 0 bridgehead atoms. The molecule has 0 spiro atoms. The third-order valence-corrected chi connectivity index (χ3v) is 3.50. The van der Waals surface area contributed by atoms with Gasteiger partial charge in [-0.05, 0) is 45.1 Å². The highest BCUT2D eigenvalue weighted by molar-refractivity contribution is 7.98. The normalized spacial score (nSPS) is 10.9. The number of thioether (sulfide) groups is 1. The maximum Gasteiger partial charge on any atom is 0.0683 e. The third-order valence-electron chi connectivity index (χ3n) is 2.70. The molecule has 0 saturated carbocycles. The second-order valence-electron chi connectivity index (χ2n) is 4.73. The van der Waals surface area contributed by atoms with Crippen molar-refractivity contribution in [2.45, 2.75) is 31.6 Å². The van der Waals surface area contributed by atoms with Gasteiger partial charge in [-0.3, -0.25) is 0 Å². The van der Waals surface area contributed by atoms with Crippen LogP contribution in [0.3, 0.4) is 0 Å². The number of rotatable bonds is 6. The average Bonchev–Trinajstić information content (AvgIpc) is 2.35. The molecule has 1 aromatic carbocycles. The Bertz CT molecular complexity index is 393. The van der Waals surface area contributed by atoms with E-state index in [0.29, 0.717) is 0 Å². The Kier molecular flexibility index (Phi) is 5.37. The molecule has 0 atom stereocenters. The molecule has 17 heavy (non-hydrogen) atoms. The second kappa shape index (κ2) is 6.56. The van der Waals surface area contributed by atoms with Gasteiger partial charge in [-0.2, -0.15) is 5.26 Å². The Morgan fingerprint density at radius 1 is 1.35 bits per heavy atom. The molecule has 0 aromatic heterocycles. The van der Waals surface area contributed by atoms with E-state index in [9.17, 15) is 0 Å². The van der Waals surface area contributed by atoms with Gasteiger partial charge in [0.25, 0.3) is 0 Å². The highest BCUT2D eigenvalue weighted by atomic mass is 32.2. The molecule has 92 valence electrons. The van der Waals surface area contributed by atoms with Crippen molar-refractivity contribution in [1.82, 2.24) is 0 Å². The van der Waals surface area contributed by atoms with Gasteiger partial charge in [0.1, 0.15) is 0 Å². The molecule has 0 aliphatic heterocycles. The summed E-state index contributed by atoms with van der Waals surface area (Å²) < 4.78 is 0. The highest BCUT2D eigenvalue weighted by Gasteiger charge is 2.15. The van der Waals surface area contributed by atoms with Crippen molar-refractivity contribution in [3.8, 4) is 6.07 Å². The van der Waals surface area contributed by atoms with E-state index in [4.69, 9.17) is 5.26 Å². The Hall–Kier alpha value is -1.14. The molecule has 0 aliphatic carbocycles. The monoisotopic (exact) mass is 248 g/mol. The minimum atomic E-state index is -0.208. The van der Waals surface area contributed by atoms with Crippen molar-refractivity contribution in [2.24, 2.45) is 5.41 Å². The molecule has 1 rings (SSSR count). The van der Waals surface area contributed by atoms with Gasteiger partial charge in [-0.15, -0.1) is 11.8 Å². The van der Waals surface area contributed by atoms with Crippen LogP contribution in [0.4, 0.5) is 5.69 Å². The molecule has 2 nitrogen and oxygen atoms in total. The lowest BCUT2D eigenvalue weighted by Crippen LogP contribution is -2.11. The van der Waals surface area contributed by atoms with E-state index in [1.807, 2.05) is 19.9 Å². The summed E-state index contributed by atoms with van der Waals surface area (Å²) in [6.45, 7) is 4.90. The summed E-state index contributed by atoms with van der Waals surface area (Å²) in [4.78, 5) is 1.27. The van der Waals surface area contributed by atoms with Crippen LogP contribution in [-0.2, 0) is 0 Å². The number of nitrogens with one attached hydrogen (secondary N) is 1. The predicted molar refractivity (Wildman–Crippen MR) is 75.3 cm³/mol. The maximum atomic E-state index is 8.92. The summed E-state index contributed by atoms with van der Waals surface area (Å²) in [5.74, 6) is 0. The number of benzene rings is 1. The molecular weight excluding hydrogens is 228 g/mol. The van der Waals surface area contributed by atoms with E-state index in [1.165, 1.54) is 10.6 Å². The van der Waals surface area contributed by atoms with Crippen molar-refractivity contribution in [3.05, 3.63) is 24.3 Å². The minimum Gasteiger partial charge on any atom is -0.384 e. The van der Waals surface area contributed by atoms with Crippen LogP contribution in [0.15, 0.2) is 29.2 Å². The van der Waals surface area contributed by atoms with E-state index in [0.717, 1.165) is 19.4 Å². The molecule has 0 heterocycles. The molecule has 3 heteroatoms. The van der Waals surface area contributed by atoms with E-state index in [1.54, 1.807) is 11.8 Å². The smallest absolute Gasteiger partial charge is 0.0683 e. The van der Waals surface area contributed by atoms with Gasteiger partial charge in [0.05, 0.1) is 11.5 Å². The largest absolute Gasteiger partial charge is 0.384 e. The Balaban J connectivity index is 2.39. The minimum absolute atomic E-state index is 0.208. The Morgan fingerprint density at radius 3 is 2.71 bits per heavy atom. The second-order valence-corrected chi connectivity index (χ2v) is 5.57. The van der Waals surface area contributed by atoms with Crippen LogP contribution in [0.5, 0.6) is 0 Å². The van der Waals surface area contributed by atoms with Crippen LogP contribution in [0.25, 0.3) is 0 Å². The number of hydrogen-bond donors (Lipinski definition) is 1. The fourth-order valence-corrected chi connectivity index (χ4v) is 2.17. The molecular formula is C14H20N2S. The van der Waals surface area contributed by atoms with Crippen LogP contribution >= 0.6 is 11.8 Å². The summed E-state index contributed by atoms with van der Waals surface area (Å²) in [6.07, 6.45) is 4.03. The quantitative estimate of drug-likeness (QED) is 0.607. The Morgan fingerprint density at radius 2 is 2.06 bits per heavy atom. The number of hydrogen-bond acceptors (Lipinski definition) is 3. The number of nitriles is 1. The van der Waals surface area contributed by atoms with Gasteiger partial charge < -0.3 is 5.32 Å². The predicted octanol–water partition coefficient (Wildman–Crippen LogP) is 4.15. The van der Waals surface area contributed by atoms with Crippen LogP contribution in [0, 0.1) is 16.7 Å². The average molecular weight is 248 g/mol. The standard InChI is InChI=1S/C14H20N2S/c1-14(2,11-15)9-6-10-16-12-7-4-5-8-13(12)17-3/h4-5,7-8,16H,6,9-10H2,1-3H3. The summed E-state index contributed by atoms with van der Waals surface area (Å²) in [5, 5.41) is 12.3. The first-order valence-electron chi connectivity index (χ1n) is 5.87. The van der Waals surface area contributed by atoms with Crippen molar-refractivity contribution in [2.75, 3.05) is 18.1 Å². The lowest BCUT2D eigenvalue weighted by atomic mass is 9.90. The van der Waals surface area contributed by atoms with Gasteiger partial charge >= 0.3 is 0 Å². The summed E-state index contributed by atoms with van der Waals surface area (Å²) in [5.41, 5.74) is 0.982. The SMILES string of the molecule is CSc1ccccc1NCCCC(C)(C)C#N. The molecule has 1 N–H and O–H groups in total. The van der Waals surface area contributed by atoms with Crippen LogP contribution < -0.4 is 5.32 Å². The van der Waals surface area contributed by atoms with E-state index in [-0.39, 0.29) is 5.41 Å². The van der Waals surface area contributed by atoms with Gasteiger partial charge in [0.15, 0.2) is 0 Å². The van der Waals surface area contributed by atoms with Crippen LogP contribution in [0.1, 0.15) is 26.7 Å². The third kappa shape index (κ3) is 4.70. The lowest BCUT2D eigenvalue weighted by Gasteiger charge is -2.15. The molecule has 1 aromatic rings. The fourth-order valence-electron chi connectivity index (χ4n) is 1.60. The first-order chi connectivity index (χ1) is 8.09. The van der Waals surface area contributed by atoms with Crippen molar-refractivity contribution >= 4 is 17.4 Å². The highest BCUT2D eigenvalue weighted by Crippen LogP contribution is 2.25. The zero-order valence-corrected chi connectivity index (χ0v) is 11.6. The zero-order valence-electron chi connectivity index (χ0n) is 10.8. The fraction of sp³-hybridized carbons (Fsp3) is 0.500. The first-order valence-corrected chi connectivity index (χ1v) is 7.10. The van der Waals surface area contributed by atoms with Gasteiger partial charge in [-0.1, -0.05) is 12.1 Å². The van der Waals surface area contributed by atoms with Gasteiger partial charge in [0.2, 0.25) is 0 Å². The number of anilines is 1.